The van der Waals surface area contributed by atoms with E-state index in [2.05, 4.69) is 4.99 Å². The van der Waals surface area contributed by atoms with Crippen LogP contribution in [0.2, 0.25) is 5.02 Å². The van der Waals surface area contributed by atoms with Crippen LogP contribution in [0.3, 0.4) is 0 Å². The van der Waals surface area contributed by atoms with Crippen LogP contribution in [0, 0.1) is 6.92 Å². The van der Waals surface area contributed by atoms with Crippen LogP contribution in [0.25, 0.3) is 0 Å². The Labute approximate surface area is 75.9 Å². The maximum Gasteiger partial charge on any atom is 0.235 e. The first-order chi connectivity index (χ1) is 5.75. The van der Waals surface area contributed by atoms with E-state index in [0.29, 0.717) is 11.6 Å². The van der Waals surface area contributed by atoms with E-state index < -0.39 is 0 Å². The summed E-state index contributed by atoms with van der Waals surface area (Å²) in [7, 11) is 0. The largest absolute Gasteiger partial charge is 0.235 e. The maximum absolute atomic E-state index is 9.84. The van der Waals surface area contributed by atoms with Gasteiger partial charge in [0.2, 0.25) is 6.08 Å². The van der Waals surface area contributed by atoms with Crippen LogP contribution in [-0.2, 0) is 11.3 Å². The Hall–Kier alpha value is -1.11. The Balaban J connectivity index is 2.99. The van der Waals surface area contributed by atoms with Crippen LogP contribution in [0.15, 0.2) is 23.2 Å². The normalized spacial score (nSPS) is 9.17. The van der Waals surface area contributed by atoms with E-state index in [9.17, 15) is 4.79 Å². The fourth-order valence-corrected chi connectivity index (χ4v) is 1.13. The van der Waals surface area contributed by atoms with Crippen LogP contribution >= 0.6 is 11.6 Å². The van der Waals surface area contributed by atoms with E-state index in [-0.39, 0.29) is 0 Å². The third kappa shape index (κ3) is 1.94. The highest BCUT2D eigenvalue weighted by Gasteiger charge is 2.00. The molecule has 0 amide bonds. The number of rotatable bonds is 2. The predicted molar refractivity (Wildman–Crippen MR) is 48.0 cm³/mol. The van der Waals surface area contributed by atoms with Crippen molar-refractivity contribution < 1.29 is 4.79 Å². The van der Waals surface area contributed by atoms with Gasteiger partial charge in [-0.15, -0.1) is 0 Å². The summed E-state index contributed by atoms with van der Waals surface area (Å²) in [6, 6.07) is 5.64. The average Bonchev–Trinajstić information content (AvgIpc) is 2.08. The van der Waals surface area contributed by atoms with Gasteiger partial charge in [0.05, 0.1) is 6.54 Å². The summed E-state index contributed by atoms with van der Waals surface area (Å²) in [6.07, 6.45) is 1.48. The molecule has 0 saturated heterocycles. The molecule has 12 heavy (non-hydrogen) atoms. The van der Waals surface area contributed by atoms with Crippen LogP contribution < -0.4 is 0 Å². The maximum atomic E-state index is 9.84. The Morgan fingerprint density at radius 2 is 2.33 bits per heavy atom. The van der Waals surface area contributed by atoms with Crippen molar-refractivity contribution in [1.29, 1.82) is 0 Å². The summed E-state index contributed by atoms with van der Waals surface area (Å²) in [5, 5.41) is 0.677. The zero-order valence-electron chi connectivity index (χ0n) is 6.67. The molecule has 0 saturated carbocycles. The Morgan fingerprint density at radius 1 is 1.58 bits per heavy atom. The lowest BCUT2D eigenvalue weighted by Gasteiger charge is -2.01. The molecule has 0 radical (unpaired) electrons. The number of halogens is 1. The molecule has 0 atom stereocenters. The summed E-state index contributed by atoms with van der Waals surface area (Å²) in [5.41, 5.74) is 1.86. The van der Waals surface area contributed by atoms with Crippen molar-refractivity contribution in [2.45, 2.75) is 13.5 Å². The van der Waals surface area contributed by atoms with Crippen molar-refractivity contribution in [3.63, 3.8) is 0 Å². The number of benzene rings is 1. The molecule has 0 heterocycles. The van der Waals surface area contributed by atoms with Gasteiger partial charge in [-0.3, -0.25) is 0 Å². The van der Waals surface area contributed by atoms with E-state index in [1.165, 1.54) is 6.08 Å². The first-order valence-electron chi connectivity index (χ1n) is 3.53. The third-order valence-electron chi connectivity index (χ3n) is 1.59. The molecule has 1 aromatic rings. The van der Waals surface area contributed by atoms with Gasteiger partial charge in [0.1, 0.15) is 0 Å². The summed E-state index contributed by atoms with van der Waals surface area (Å²) < 4.78 is 0. The summed E-state index contributed by atoms with van der Waals surface area (Å²) in [6.45, 7) is 2.22. The number of isocyanates is 1. The van der Waals surface area contributed by atoms with Crippen molar-refractivity contribution in [3.8, 4) is 0 Å². The highest BCUT2D eigenvalue weighted by Crippen LogP contribution is 2.20. The molecular weight excluding hydrogens is 174 g/mol. The van der Waals surface area contributed by atoms with E-state index in [4.69, 9.17) is 11.6 Å². The summed E-state index contributed by atoms with van der Waals surface area (Å²) >= 11 is 5.94. The van der Waals surface area contributed by atoms with Crippen LogP contribution in [0.5, 0.6) is 0 Å². The van der Waals surface area contributed by atoms with Crippen molar-refractivity contribution >= 4 is 17.7 Å². The van der Waals surface area contributed by atoms with Gasteiger partial charge in [-0.05, 0) is 18.1 Å². The van der Waals surface area contributed by atoms with E-state index >= 15 is 0 Å². The first-order valence-corrected chi connectivity index (χ1v) is 3.91. The second-order valence-electron chi connectivity index (χ2n) is 2.46. The Bertz CT molecular complexity index is 329. The third-order valence-corrected chi connectivity index (χ3v) is 2.13. The van der Waals surface area contributed by atoms with Gasteiger partial charge in [0.15, 0.2) is 0 Å². The minimum Gasteiger partial charge on any atom is -0.211 e. The molecule has 1 aromatic carbocycles. The van der Waals surface area contributed by atoms with Gasteiger partial charge in [-0.2, -0.15) is 0 Å². The van der Waals surface area contributed by atoms with Gasteiger partial charge in [-0.1, -0.05) is 29.8 Å². The van der Waals surface area contributed by atoms with Gasteiger partial charge >= 0.3 is 0 Å². The number of carbonyl (C=O) groups excluding carboxylic acids is 1. The Morgan fingerprint density at radius 3 is 3.00 bits per heavy atom. The van der Waals surface area contributed by atoms with Gasteiger partial charge in [-0.25, -0.2) is 9.79 Å². The molecule has 0 aromatic heterocycles. The molecule has 62 valence electrons. The van der Waals surface area contributed by atoms with Crippen molar-refractivity contribution in [1.82, 2.24) is 0 Å². The summed E-state index contributed by atoms with van der Waals surface area (Å²) in [5.74, 6) is 0. The lowest BCUT2D eigenvalue weighted by Crippen LogP contribution is -1.85. The summed E-state index contributed by atoms with van der Waals surface area (Å²) in [4.78, 5) is 13.3. The smallest absolute Gasteiger partial charge is 0.211 e. The van der Waals surface area contributed by atoms with Gasteiger partial charge in [0, 0.05) is 5.02 Å². The van der Waals surface area contributed by atoms with E-state index in [1.54, 1.807) is 0 Å². The predicted octanol–water partition coefficient (Wildman–Crippen LogP) is 2.48. The van der Waals surface area contributed by atoms with Crippen molar-refractivity contribution in [3.05, 3.63) is 34.3 Å². The van der Waals surface area contributed by atoms with Crippen LogP contribution in [-0.4, -0.2) is 6.08 Å². The zero-order chi connectivity index (χ0) is 8.97. The number of nitrogens with zero attached hydrogens (tertiary/aromatic N) is 1. The SMILES string of the molecule is Cc1cccc(CN=C=O)c1Cl. The molecule has 0 aliphatic rings. The molecule has 2 nitrogen and oxygen atoms in total. The zero-order valence-corrected chi connectivity index (χ0v) is 7.43. The molecule has 0 N–H and O–H groups in total. The molecule has 0 fully saturated rings. The second-order valence-corrected chi connectivity index (χ2v) is 2.83. The van der Waals surface area contributed by atoms with E-state index in [0.717, 1.165) is 11.1 Å². The number of hydrogen-bond acceptors (Lipinski definition) is 2. The fourth-order valence-electron chi connectivity index (χ4n) is 0.948. The molecule has 0 bridgehead atoms. The van der Waals surface area contributed by atoms with Crippen LogP contribution in [0.4, 0.5) is 0 Å². The molecule has 0 aliphatic carbocycles. The lowest BCUT2D eigenvalue weighted by atomic mass is 10.1. The monoisotopic (exact) mass is 181 g/mol. The quantitative estimate of drug-likeness (QED) is 0.509. The first kappa shape index (κ1) is 8.98. The second kappa shape index (κ2) is 4.05. The molecule has 3 heteroatoms. The number of aliphatic imine (C=N–C) groups is 1. The highest BCUT2D eigenvalue weighted by atomic mass is 35.5. The fraction of sp³-hybridized carbons (Fsp3) is 0.222. The van der Waals surface area contributed by atoms with Crippen LogP contribution in [0.1, 0.15) is 11.1 Å². The Kier molecular flexibility index (Phi) is 3.03. The van der Waals surface area contributed by atoms with Gasteiger partial charge < -0.3 is 0 Å². The minimum absolute atomic E-state index is 0.310. The molecule has 0 spiro atoms. The highest BCUT2D eigenvalue weighted by molar-refractivity contribution is 6.32. The molecule has 1 rings (SSSR count). The van der Waals surface area contributed by atoms with Gasteiger partial charge in [0.25, 0.3) is 0 Å². The van der Waals surface area contributed by atoms with Crippen molar-refractivity contribution in [2.24, 2.45) is 4.99 Å². The van der Waals surface area contributed by atoms with Crippen molar-refractivity contribution in [2.75, 3.05) is 0 Å². The molecular formula is C9H8ClNO. The standard InChI is InChI=1S/C9H8ClNO/c1-7-3-2-4-8(9(7)10)5-11-6-12/h2-4H,5H2,1H3. The molecule has 0 aliphatic heterocycles. The molecule has 0 unspecified atom stereocenters. The topological polar surface area (TPSA) is 29.4 Å². The number of hydrogen-bond donors (Lipinski definition) is 0. The lowest BCUT2D eigenvalue weighted by molar-refractivity contribution is 0.563. The average molecular weight is 182 g/mol. The van der Waals surface area contributed by atoms with E-state index in [1.807, 2.05) is 25.1 Å². The minimum atomic E-state index is 0.310. The number of aryl methyl sites for hydroxylation is 1.